The summed E-state index contributed by atoms with van der Waals surface area (Å²) in [6.45, 7) is 0. The maximum atomic E-state index is 3.67. The van der Waals surface area contributed by atoms with Crippen molar-refractivity contribution in [3.8, 4) is 0 Å². The van der Waals surface area contributed by atoms with Crippen LogP contribution in [0.25, 0.3) is 0 Å². The fourth-order valence-electron chi connectivity index (χ4n) is 1.31. The monoisotopic (exact) mass is 280 g/mol. The third-order valence-corrected chi connectivity index (χ3v) is 3.58. The Bertz CT molecular complexity index is 140. The zero-order chi connectivity index (χ0) is 8.10. The first kappa shape index (κ1) is 9.79. The van der Waals surface area contributed by atoms with E-state index in [0.29, 0.717) is 4.83 Å². The molecule has 0 spiro atoms. The van der Waals surface area contributed by atoms with Crippen molar-refractivity contribution in [3.63, 3.8) is 0 Å². The van der Waals surface area contributed by atoms with Crippen LogP contribution in [-0.2, 0) is 0 Å². The van der Waals surface area contributed by atoms with Crippen LogP contribution in [0.3, 0.4) is 0 Å². The average molecular weight is 282 g/mol. The Balaban J connectivity index is 2.40. The van der Waals surface area contributed by atoms with Gasteiger partial charge in [0.1, 0.15) is 0 Å². The molecular formula is C9H14Br2. The lowest BCUT2D eigenvalue weighted by atomic mass is 10.1. The summed E-state index contributed by atoms with van der Waals surface area (Å²) in [5.74, 6) is 0. The lowest BCUT2D eigenvalue weighted by Gasteiger charge is -2.03. The minimum atomic E-state index is 0.702. The molecule has 0 amide bonds. The van der Waals surface area contributed by atoms with Crippen molar-refractivity contribution in [2.45, 2.75) is 43.4 Å². The van der Waals surface area contributed by atoms with Gasteiger partial charge in [0.15, 0.2) is 0 Å². The maximum absolute atomic E-state index is 3.67. The van der Waals surface area contributed by atoms with E-state index in [1.54, 1.807) is 0 Å². The Morgan fingerprint density at radius 2 is 2.09 bits per heavy atom. The molecule has 64 valence electrons. The van der Waals surface area contributed by atoms with Crippen LogP contribution < -0.4 is 0 Å². The molecule has 0 bridgehead atoms. The van der Waals surface area contributed by atoms with Gasteiger partial charge in [-0.1, -0.05) is 50.8 Å². The zero-order valence-electron chi connectivity index (χ0n) is 6.65. The van der Waals surface area contributed by atoms with Gasteiger partial charge in [0, 0.05) is 4.83 Å². The molecule has 0 aromatic heterocycles. The van der Waals surface area contributed by atoms with Crippen LogP contribution in [0.5, 0.6) is 0 Å². The van der Waals surface area contributed by atoms with Crippen molar-refractivity contribution in [2.75, 3.05) is 0 Å². The lowest BCUT2D eigenvalue weighted by Crippen LogP contribution is -1.94. The molecule has 0 N–H and O–H groups in total. The fourth-order valence-corrected chi connectivity index (χ4v) is 2.29. The lowest BCUT2D eigenvalue weighted by molar-refractivity contribution is 0.644. The van der Waals surface area contributed by atoms with Crippen molar-refractivity contribution >= 4 is 31.9 Å². The molecule has 0 heterocycles. The Morgan fingerprint density at radius 3 is 2.91 bits per heavy atom. The van der Waals surface area contributed by atoms with E-state index in [2.05, 4.69) is 37.9 Å². The van der Waals surface area contributed by atoms with Crippen molar-refractivity contribution in [3.05, 3.63) is 10.6 Å². The van der Waals surface area contributed by atoms with Crippen LogP contribution in [0.15, 0.2) is 10.6 Å². The third-order valence-electron chi connectivity index (χ3n) is 2.03. The number of alkyl halides is 1. The highest BCUT2D eigenvalue weighted by Crippen LogP contribution is 2.23. The van der Waals surface area contributed by atoms with Crippen molar-refractivity contribution in [1.82, 2.24) is 0 Å². The molecule has 11 heavy (non-hydrogen) atoms. The van der Waals surface area contributed by atoms with Crippen LogP contribution in [0.1, 0.15) is 38.5 Å². The van der Waals surface area contributed by atoms with E-state index >= 15 is 0 Å². The summed E-state index contributed by atoms with van der Waals surface area (Å²) < 4.78 is 1.39. The predicted molar refractivity (Wildman–Crippen MR) is 57.4 cm³/mol. The minimum absolute atomic E-state index is 0.702. The topological polar surface area (TPSA) is 0 Å². The van der Waals surface area contributed by atoms with Gasteiger partial charge in [0.25, 0.3) is 0 Å². The minimum Gasteiger partial charge on any atom is -0.0887 e. The molecule has 1 atom stereocenters. The Kier molecular flexibility index (Phi) is 4.77. The number of rotatable bonds is 0. The van der Waals surface area contributed by atoms with Crippen LogP contribution in [0.2, 0.25) is 0 Å². The summed E-state index contributed by atoms with van der Waals surface area (Å²) in [4.78, 5) is 0.702. The standard InChI is InChI=1S/C9H14Br2/c10-8-4-2-1-3-5-9(11)7-6-8/h6,9H,1-5,7H2/b8-6-. The fraction of sp³-hybridized carbons (Fsp3) is 0.778. The largest absolute Gasteiger partial charge is 0.0887 e. The van der Waals surface area contributed by atoms with Crippen LogP contribution in [0.4, 0.5) is 0 Å². The van der Waals surface area contributed by atoms with Gasteiger partial charge in [-0.2, -0.15) is 0 Å². The van der Waals surface area contributed by atoms with Gasteiger partial charge in [-0.25, -0.2) is 0 Å². The molecule has 0 radical (unpaired) electrons. The number of allylic oxidation sites excluding steroid dienone is 2. The molecule has 1 aliphatic carbocycles. The first-order valence-corrected chi connectivity index (χ1v) is 5.98. The number of hydrogen-bond donors (Lipinski definition) is 0. The van der Waals surface area contributed by atoms with E-state index in [4.69, 9.17) is 0 Å². The number of halogens is 2. The highest BCUT2D eigenvalue weighted by molar-refractivity contribution is 9.11. The molecular weight excluding hydrogens is 268 g/mol. The van der Waals surface area contributed by atoms with E-state index in [0.717, 1.165) is 0 Å². The average Bonchev–Trinajstić information content (AvgIpc) is 2.06. The molecule has 2 heteroatoms. The van der Waals surface area contributed by atoms with Crippen LogP contribution >= 0.6 is 31.9 Å². The Hall–Kier alpha value is 0.700. The van der Waals surface area contributed by atoms with E-state index in [1.165, 1.54) is 43.0 Å². The van der Waals surface area contributed by atoms with Crippen molar-refractivity contribution in [1.29, 1.82) is 0 Å². The van der Waals surface area contributed by atoms with E-state index in [1.807, 2.05) is 0 Å². The summed E-state index contributed by atoms with van der Waals surface area (Å²) in [6.07, 6.45) is 10.2. The quantitative estimate of drug-likeness (QED) is 0.578. The molecule has 0 aliphatic heterocycles. The summed E-state index contributed by atoms with van der Waals surface area (Å²) in [5, 5.41) is 0. The molecule has 0 saturated heterocycles. The molecule has 1 rings (SSSR count). The molecule has 0 fully saturated rings. The molecule has 0 aromatic carbocycles. The van der Waals surface area contributed by atoms with Gasteiger partial charge in [-0.15, -0.1) is 0 Å². The summed E-state index contributed by atoms with van der Waals surface area (Å²) in [6, 6.07) is 0. The molecule has 0 saturated carbocycles. The highest BCUT2D eigenvalue weighted by Gasteiger charge is 2.05. The Labute approximate surface area is 85.7 Å². The summed E-state index contributed by atoms with van der Waals surface area (Å²) in [7, 11) is 0. The van der Waals surface area contributed by atoms with Gasteiger partial charge in [-0.3, -0.25) is 0 Å². The molecule has 1 aliphatic rings. The van der Waals surface area contributed by atoms with Gasteiger partial charge < -0.3 is 0 Å². The Morgan fingerprint density at radius 1 is 1.27 bits per heavy atom. The highest BCUT2D eigenvalue weighted by atomic mass is 79.9. The second-order valence-electron chi connectivity index (χ2n) is 3.08. The smallest absolute Gasteiger partial charge is 0.0180 e. The van der Waals surface area contributed by atoms with Gasteiger partial charge in [0.2, 0.25) is 0 Å². The summed E-state index contributed by atoms with van der Waals surface area (Å²) >= 11 is 7.25. The SMILES string of the molecule is Br/C1=C\CC(Br)CCCCC1. The van der Waals surface area contributed by atoms with Crippen LogP contribution in [0, 0.1) is 0 Å². The zero-order valence-corrected chi connectivity index (χ0v) is 9.83. The first-order chi connectivity index (χ1) is 5.29. The van der Waals surface area contributed by atoms with Gasteiger partial charge in [0.05, 0.1) is 0 Å². The molecule has 1 unspecified atom stereocenters. The van der Waals surface area contributed by atoms with Gasteiger partial charge in [-0.05, 0) is 30.2 Å². The van der Waals surface area contributed by atoms with E-state index in [9.17, 15) is 0 Å². The molecule has 0 aromatic rings. The summed E-state index contributed by atoms with van der Waals surface area (Å²) in [5.41, 5.74) is 0. The third kappa shape index (κ3) is 4.32. The second-order valence-corrected chi connectivity index (χ2v) is 5.40. The van der Waals surface area contributed by atoms with E-state index in [-0.39, 0.29) is 0 Å². The predicted octanol–water partition coefficient (Wildman–Crippen LogP) is 4.38. The van der Waals surface area contributed by atoms with Crippen molar-refractivity contribution < 1.29 is 0 Å². The normalized spacial score (nSPS) is 32.9. The maximum Gasteiger partial charge on any atom is 0.0180 e. The van der Waals surface area contributed by atoms with E-state index < -0.39 is 0 Å². The van der Waals surface area contributed by atoms with Crippen LogP contribution in [-0.4, -0.2) is 4.83 Å². The first-order valence-electron chi connectivity index (χ1n) is 4.27. The van der Waals surface area contributed by atoms with Gasteiger partial charge >= 0.3 is 0 Å². The second kappa shape index (κ2) is 5.36. The molecule has 0 nitrogen and oxygen atoms in total. The number of hydrogen-bond acceptors (Lipinski definition) is 0. The van der Waals surface area contributed by atoms with Crippen molar-refractivity contribution in [2.24, 2.45) is 0 Å².